The van der Waals surface area contributed by atoms with Gasteiger partial charge in [-0.15, -0.1) is 0 Å². The van der Waals surface area contributed by atoms with E-state index in [0.717, 1.165) is 48.0 Å². The summed E-state index contributed by atoms with van der Waals surface area (Å²) >= 11 is 0. The van der Waals surface area contributed by atoms with Gasteiger partial charge in [-0.05, 0) is 53.8 Å². The molecule has 11 heteroatoms. The van der Waals surface area contributed by atoms with Crippen LogP contribution >= 0.6 is 0 Å². The Bertz CT molecular complexity index is 1460. The highest BCUT2D eigenvalue weighted by Crippen LogP contribution is 2.30. The van der Waals surface area contributed by atoms with E-state index >= 15 is 0 Å². The summed E-state index contributed by atoms with van der Waals surface area (Å²) in [7, 11) is -3.71. The summed E-state index contributed by atoms with van der Waals surface area (Å²) in [6, 6.07) is 21.6. The Kier molecular flexibility index (Phi) is 10.4. The molecule has 1 aliphatic rings. The normalized spacial score (nSPS) is 14.5. The van der Waals surface area contributed by atoms with Crippen LogP contribution in [0.25, 0.3) is 11.1 Å². The van der Waals surface area contributed by atoms with Crippen LogP contribution in [0.2, 0.25) is 0 Å². The topological polar surface area (TPSA) is 145 Å². The van der Waals surface area contributed by atoms with Gasteiger partial charge in [-0.3, -0.25) is 4.79 Å². The molecule has 3 aromatic carbocycles. The van der Waals surface area contributed by atoms with Crippen molar-refractivity contribution in [1.82, 2.24) is 9.62 Å². The lowest BCUT2D eigenvalue weighted by Gasteiger charge is -2.25. The van der Waals surface area contributed by atoms with Crippen molar-refractivity contribution in [2.75, 3.05) is 31.3 Å². The molecule has 1 aliphatic carbocycles. The lowest BCUT2D eigenvalue weighted by atomic mass is 9.94. The fraction of sp³-hybridized carbons (Fsp3) is 0.355. The summed E-state index contributed by atoms with van der Waals surface area (Å²) in [5, 5.41) is 23.4. The maximum atomic E-state index is 12.7. The molecule has 1 saturated carbocycles. The number of rotatable bonds is 12. The minimum atomic E-state index is -3.71. The molecule has 3 aromatic rings. The number of benzene rings is 3. The van der Waals surface area contributed by atoms with Gasteiger partial charge in [-0.25, -0.2) is 17.9 Å². The molecule has 0 radical (unpaired) electrons. The van der Waals surface area contributed by atoms with E-state index in [1.165, 1.54) is 6.42 Å². The SMILES string of the molecule is CS(=O)(=O)NC(=O)c1ccc(-c2ccc(OCCN(C[C@H](O)c3ccccc3)C(=O)O)cc2)cc1NC1CCCCC1. The zero-order valence-corrected chi connectivity index (χ0v) is 24.3. The molecule has 1 atom stereocenters. The van der Waals surface area contributed by atoms with Crippen LogP contribution in [0.1, 0.15) is 54.1 Å². The largest absolute Gasteiger partial charge is 0.492 e. The fourth-order valence-electron chi connectivity index (χ4n) is 5.00. The second kappa shape index (κ2) is 14.2. The molecule has 1 fully saturated rings. The van der Waals surface area contributed by atoms with Crippen molar-refractivity contribution in [3.63, 3.8) is 0 Å². The molecule has 0 bridgehead atoms. The van der Waals surface area contributed by atoms with Crippen LogP contribution in [0.15, 0.2) is 72.8 Å². The first kappa shape index (κ1) is 30.9. The van der Waals surface area contributed by atoms with Crippen molar-refractivity contribution in [2.24, 2.45) is 0 Å². The summed E-state index contributed by atoms with van der Waals surface area (Å²) in [5.41, 5.74) is 3.17. The molecule has 2 amide bonds. The molecular formula is C31H37N3O7S. The maximum Gasteiger partial charge on any atom is 0.407 e. The molecule has 0 spiro atoms. The minimum Gasteiger partial charge on any atom is -0.492 e. The Labute approximate surface area is 246 Å². The van der Waals surface area contributed by atoms with Gasteiger partial charge in [-0.1, -0.05) is 67.8 Å². The minimum absolute atomic E-state index is 0.0723. The van der Waals surface area contributed by atoms with Crippen LogP contribution in [0.3, 0.4) is 0 Å². The summed E-state index contributed by atoms with van der Waals surface area (Å²) in [6.45, 7) is 0.109. The van der Waals surface area contributed by atoms with Gasteiger partial charge in [-0.2, -0.15) is 0 Å². The number of hydrogen-bond donors (Lipinski definition) is 4. The van der Waals surface area contributed by atoms with Gasteiger partial charge in [0.05, 0.1) is 31.0 Å². The Hall–Kier alpha value is -4.09. The highest BCUT2D eigenvalue weighted by molar-refractivity contribution is 7.89. The Morgan fingerprint density at radius 2 is 1.64 bits per heavy atom. The Morgan fingerprint density at radius 3 is 2.29 bits per heavy atom. The van der Waals surface area contributed by atoms with Crippen LogP contribution < -0.4 is 14.8 Å². The summed E-state index contributed by atoms with van der Waals surface area (Å²) in [6.07, 6.45) is 4.20. The lowest BCUT2D eigenvalue weighted by molar-refractivity contribution is 0.0894. The van der Waals surface area contributed by atoms with E-state index in [1.807, 2.05) is 24.3 Å². The van der Waals surface area contributed by atoms with Gasteiger partial charge in [0.25, 0.3) is 5.91 Å². The number of carbonyl (C=O) groups is 2. The highest BCUT2D eigenvalue weighted by Gasteiger charge is 2.21. The van der Waals surface area contributed by atoms with E-state index in [1.54, 1.807) is 48.5 Å². The molecule has 0 aliphatic heterocycles. The van der Waals surface area contributed by atoms with E-state index < -0.39 is 28.1 Å². The molecule has 0 saturated heterocycles. The third-order valence-corrected chi connectivity index (χ3v) is 7.73. The zero-order chi connectivity index (χ0) is 30.1. The van der Waals surface area contributed by atoms with Crippen LogP contribution in [0.5, 0.6) is 5.75 Å². The molecule has 224 valence electrons. The third kappa shape index (κ3) is 8.95. The van der Waals surface area contributed by atoms with Gasteiger partial charge >= 0.3 is 6.09 Å². The van der Waals surface area contributed by atoms with Crippen molar-refractivity contribution >= 4 is 27.7 Å². The fourth-order valence-corrected chi connectivity index (χ4v) is 5.45. The van der Waals surface area contributed by atoms with Crippen molar-refractivity contribution in [2.45, 2.75) is 44.2 Å². The number of aliphatic hydroxyl groups excluding tert-OH is 1. The van der Waals surface area contributed by atoms with Crippen molar-refractivity contribution in [1.29, 1.82) is 0 Å². The van der Waals surface area contributed by atoms with Crippen LogP contribution in [-0.2, 0) is 10.0 Å². The number of nitrogens with one attached hydrogen (secondary N) is 2. The van der Waals surface area contributed by atoms with Crippen molar-refractivity contribution < 1.29 is 33.0 Å². The molecule has 42 heavy (non-hydrogen) atoms. The maximum absolute atomic E-state index is 12.7. The van der Waals surface area contributed by atoms with Crippen molar-refractivity contribution in [3.05, 3.63) is 83.9 Å². The number of hydrogen-bond acceptors (Lipinski definition) is 7. The molecule has 10 nitrogen and oxygen atoms in total. The van der Waals surface area contributed by atoms with Crippen LogP contribution in [-0.4, -0.2) is 67.5 Å². The monoisotopic (exact) mass is 595 g/mol. The average molecular weight is 596 g/mol. The smallest absolute Gasteiger partial charge is 0.407 e. The van der Waals surface area contributed by atoms with Gasteiger partial charge in [0, 0.05) is 11.7 Å². The first-order valence-corrected chi connectivity index (χ1v) is 15.8. The lowest BCUT2D eigenvalue weighted by Crippen LogP contribution is -2.36. The summed E-state index contributed by atoms with van der Waals surface area (Å²) in [4.78, 5) is 25.6. The Morgan fingerprint density at radius 1 is 0.976 bits per heavy atom. The second-order valence-corrected chi connectivity index (χ2v) is 12.2. The molecule has 0 heterocycles. The average Bonchev–Trinajstić information content (AvgIpc) is 2.97. The number of nitrogens with zero attached hydrogens (tertiary/aromatic N) is 1. The number of anilines is 1. The molecule has 4 rings (SSSR count). The number of aliphatic hydroxyl groups is 1. The zero-order valence-electron chi connectivity index (χ0n) is 23.5. The van der Waals surface area contributed by atoms with Crippen LogP contribution in [0.4, 0.5) is 10.5 Å². The van der Waals surface area contributed by atoms with E-state index in [4.69, 9.17) is 4.74 Å². The number of carbonyl (C=O) groups excluding carboxylic acids is 1. The van der Waals surface area contributed by atoms with Crippen molar-refractivity contribution in [3.8, 4) is 16.9 Å². The van der Waals surface area contributed by atoms with E-state index in [-0.39, 0.29) is 31.3 Å². The van der Waals surface area contributed by atoms with Gasteiger partial charge < -0.3 is 25.2 Å². The summed E-state index contributed by atoms with van der Waals surface area (Å²) < 4.78 is 31.2. The molecule has 4 N–H and O–H groups in total. The standard InChI is InChI=1S/C31H37N3O7S/c1-42(39,40)33-30(36)27-17-14-24(20-28(27)32-25-10-6-3-7-11-25)22-12-15-26(16-13-22)41-19-18-34(31(37)38)21-29(35)23-8-4-2-5-9-23/h2,4-5,8-9,12-17,20,25,29,32,35H,3,6-7,10-11,18-19,21H2,1H3,(H,33,36)(H,37,38)/t29-/m0/s1. The van der Waals surface area contributed by atoms with Gasteiger partial charge in [0.1, 0.15) is 12.4 Å². The predicted molar refractivity (Wildman–Crippen MR) is 161 cm³/mol. The second-order valence-electron chi connectivity index (χ2n) is 10.5. The van der Waals surface area contributed by atoms with E-state index in [2.05, 4.69) is 10.0 Å². The number of ether oxygens (including phenoxy) is 1. The number of carboxylic acid groups (broad SMARTS) is 1. The Balaban J connectivity index is 1.42. The molecule has 0 aromatic heterocycles. The summed E-state index contributed by atoms with van der Waals surface area (Å²) in [5.74, 6) is -0.129. The quantitative estimate of drug-likeness (QED) is 0.232. The first-order chi connectivity index (χ1) is 20.1. The molecular weight excluding hydrogens is 558 g/mol. The third-order valence-electron chi connectivity index (χ3n) is 7.17. The number of amides is 2. The predicted octanol–water partition coefficient (Wildman–Crippen LogP) is 4.88. The number of sulfonamides is 1. The van der Waals surface area contributed by atoms with Gasteiger partial charge in [0.15, 0.2) is 0 Å². The molecule has 0 unspecified atom stereocenters. The van der Waals surface area contributed by atoms with Crippen LogP contribution in [0, 0.1) is 0 Å². The van der Waals surface area contributed by atoms with Gasteiger partial charge in [0.2, 0.25) is 10.0 Å². The first-order valence-electron chi connectivity index (χ1n) is 14.0. The highest BCUT2D eigenvalue weighted by atomic mass is 32.2. The van der Waals surface area contributed by atoms with E-state index in [9.17, 15) is 28.2 Å². The van der Waals surface area contributed by atoms with E-state index in [0.29, 0.717) is 17.0 Å².